The second-order valence-corrected chi connectivity index (χ2v) is 10.5. The van der Waals surface area contributed by atoms with Crippen LogP contribution in [0, 0.1) is 23.7 Å². The van der Waals surface area contributed by atoms with Gasteiger partial charge in [0.05, 0.1) is 0 Å². The highest BCUT2D eigenvalue weighted by atomic mass is 32.2. The van der Waals surface area contributed by atoms with Gasteiger partial charge in [-0.05, 0) is 92.9 Å². The molecule has 5 rings (SSSR count). The van der Waals surface area contributed by atoms with E-state index < -0.39 is 0 Å². The van der Waals surface area contributed by atoms with Crippen molar-refractivity contribution in [3.05, 3.63) is 0 Å². The molecule has 0 aromatic carbocycles. The molecule has 0 amide bonds. The molecular formula is C18H29O2S+. The van der Waals surface area contributed by atoms with Crippen molar-refractivity contribution in [2.24, 2.45) is 23.7 Å². The third-order valence-electron chi connectivity index (χ3n) is 6.78. The van der Waals surface area contributed by atoms with E-state index in [1.807, 2.05) is 0 Å². The van der Waals surface area contributed by atoms with Gasteiger partial charge >= 0.3 is 5.97 Å². The summed E-state index contributed by atoms with van der Waals surface area (Å²) in [6.07, 6.45) is 10.8. The molecule has 118 valence electrons. The van der Waals surface area contributed by atoms with Gasteiger partial charge in [-0.15, -0.1) is 0 Å². The van der Waals surface area contributed by atoms with Crippen LogP contribution < -0.4 is 0 Å². The normalized spacial score (nSPS) is 45.8. The highest BCUT2D eigenvalue weighted by Crippen LogP contribution is 2.59. The Morgan fingerprint density at radius 1 is 1.00 bits per heavy atom. The molecule has 0 spiro atoms. The molecule has 3 heteroatoms. The maximum Gasteiger partial charge on any atom is 0.356 e. The Morgan fingerprint density at radius 2 is 1.57 bits per heavy atom. The predicted octanol–water partition coefficient (Wildman–Crippen LogP) is 3.55. The highest BCUT2D eigenvalue weighted by molar-refractivity contribution is 7.97. The van der Waals surface area contributed by atoms with Crippen LogP contribution in [0.1, 0.15) is 58.3 Å². The van der Waals surface area contributed by atoms with E-state index >= 15 is 0 Å². The minimum Gasteiger partial charge on any atom is -0.455 e. The number of ether oxygens (including phenoxy) is 1. The molecule has 4 saturated carbocycles. The molecule has 0 N–H and O–H groups in total. The van der Waals surface area contributed by atoms with Gasteiger partial charge in [-0.3, -0.25) is 0 Å². The lowest BCUT2D eigenvalue weighted by molar-refractivity contribution is -0.200. The van der Waals surface area contributed by atoms with Crippen molar-refractivity contribution >= 4 is 16.9 Å². The average molecular weight is 309 g/mol. The molecule has 0 aromatic rings. The van der Waals surface area contributed by atoms with E-state index in [9.17, 15) is 4.79 Å². The first-order valence-corrected chi connectivity index (χ1v) is 10.7. The molecule has 5 fully saturated rings. The third-order valence-corrected chi connectivity index (χ3v) is 9.16. The molecular weight excluding hydrogens is 280 g/mol. The molecule has 0 atom stereocenters. The first kappa shape index (κ1) is 14.4. The lowest BCUT2D eigenvalue weighted by atomic mass is 9.50. The van der Waals surface area contributed by atoms with E-state index in [0.29, 0.717) is 28.5 Å². The molecule has 0 radical (unpaired) electrons. The van der Waals surface area contributed by atoms with Crippen LogP contribution in [-0.2, 0) is 20.4 Å². The number of carbonyl (C=O) groups excluding carboxylic acids is 1. The number of rotatable bonds is 3. The van der Waals surface area contributed by atoms with Crippen LogP contribution in [-0.4, -0.2) is 28.8 Å². The predicted molar refractivity (Wildman–Crippen MR) is 87.4 cm³/mol. The molecule has 1 heterocycles. The monoisotopic (exact) mass is 309 g/mol. The second kappa shape index (κ2) is 5.47. The van der Waals surface area contributed by atoms with Crippen LogP contribution in [0.2, 0.25) is 0 Å². The zero-order valence-electron chi connectivity index (χ0n) is 13.3. The third kappa shape index (κ3) is 2.64. The molecule has 21 heavy (non-hydrogen) atoms. The fraction of sp³-hybridized carbons (Fsp3) is 0.944. The summed E-state index contributed by atoms with van der Waals surface area (Å²) in [5.74, 6) is 6.57. The van der Waals surface area contributed by atoms with Crippen LogP contribution in [0.4, 0.5) is 0 Å². The standard InChI is InChI=1S/C18H29O2S/c1-18(20-17(19)12-21-5-3-2-4-6-21)15-8-13-7-14(10-15)11-16(18)9-13/h13-16H,2-12H2,1H3/q+1. The Balaban J connectivity index is 1.40. The molecule has 0 unspecified atom stereocenters. The van der Waals surface area contributed by atoms with Gasteiger partial charge in [-0.25, -0.2) is 4.79 Å². The van der Waals surface area contributed by atoms with Crippen molar-refractivity contribution in [1.29, 1.82) is 0 Å². The summed E-state index contributed by atoms with van der Waals surface area (Å²) in [5, 5.41) is 0. The average Bonchev–Trinajstić information content (AvgIpc) is 2.45. The van der Waals surface area contributed by atoms with Crippen LogP contribution in [0.3, 0.4) is 0 Å². The lowest BCUT2D eigenvalue weighted by Gasteiger charge is -2.58. The Hall–Kier alpha value is -0.180. The fourth-order valence-corrected chi connectivity index (χ4v) is 7.87. The summed E-state index contributed by atoms with van der Waals surface area (Å²) < 4.78 is 6.19. The summed E-state index contributed by atoms with van der Waals surface area (Å²) in [4.78, 5) is 12.5. The van der Waals surface area contributed by atoms with Gasteiger partial charge in [0.1, 0.15) is 17.1 Å². The first-order valence-electron chi connectivity index (χ1n) is 8.99. The van der Waals surface area contributed by atoms with E-state index in [2.05, 4.69) is 6.92 Å². The zero-order valence-corrected chi connectivity index (χ0v) is 14.1. The van der Waals surface area contributed by atoms with Crippen LogP contribution in [0.25, 0.3) is 0 Å². The smallest absolute Gasteiger partial charge is 0.356 e. The van der Waals surface area contributed by atoms with Crippen molar-refractivity contribution in [3.8, 4) is 0 Å². The largest absolute Gasteiger partial charge is 0.455 e. The van der Waals surface area contributed by atoms with Crippen molar-refractivity contribution in [2.45, 2.75) is 63.9 Å². The summed E-state index contributed by atoms with van der Waals surface area (Å²) in [7, 11) is 0.323. The molecule has 2 nitrogen and oxygen atoms in total. The molecule has 1 aliphatic heterocycles. The summed E-state index contributed by atoms with van der Waals surface area (Å²) in [5.41, 5.74) is -0.121. The van der Waals surface area contributed by atoms with Crippen LogP contribution >= 0.6 is 0 Å². The van der Waals surface area contributed by atoms with Gasteiger partial charge in [-0.1, -0.05) is 0 Å². The maximum absolute atomic E-state index is 12.5. The van der Waals surface area contributed by atoms with Crippen molar-refractivity contribution < 1.29 is 9.53 Å². The number of hydrogen-bond donors (Lipinski definition) is 0. The molecule has 1 saturated heterocycles. The number of esters is 1. The minimum absolute atomic E-state index is 0.121. The molecule has 4 aliphatic carbocycles. The van der Waals surface area contributed by atoms with E-state index in [4.69, 9.17) is 4.74 Å². The number of hydrogen-bond acceptors (Lipinski definition) is 2. The Bertz CT molecular complexity index is 385. The molecule has 4 bridgehead atoms. The van der Waals surface area contributed by atoms with Gasteiger partial charge in [0.25, 0.3) is 0 Å². The van der Waals surface area contributed by atoms with E-state index in [1.54, 1.807) is 0 Å². The lowest BCUT2D eigenvalue weighted by Crippen LogP contribution is -2.58. The summed E-state index contributed by atoms with van der Waals surface area (Å²) in [6.45, 7) is 2.27. The van der Waals surface area contributed by atoms with E-state index in [1.165, 1.54) is 62.9 Å². The van der Waals surface area contributed by atoms with Crippen molar-refractivity contribution in [1.82, 2.24) is 0 Å². The Kier molecular flexibility index (Phi) is 3.76. The quantitative estimate of drug-likeness (QED) is 0.589. The zero-order chi connectivity index (χ0) is 14.4. The highest BCUT2D eigenvalue weighted by Gasteiger charge is 2.57. The Labute approximate surface area is 131 Å². The van der Waals surface area contributed by atoms with Gasteiger partial charge in [0.2, 0.25) is 5.75 Å². The van der Waals surface area contributed by atoms with Gasteiger partial charge in [-0.2, -0.15) is 0 Å². The second-order valence-electron chi connectivity index (χ2n) is 8.19. The SMILES string of the molecule is CC1(OC(=O)C[S+]2CCCCC2)C2CC3CC(C2)CC1C3. The van der Waals surface area contributed by atoms with Gasteiger partial charge in [0.15, 0.2) is 0 Å². The van der Waals surface area contributed by atoms with E-state index in [-0.39, 0.29) is 11.6 Å². The van der Waals surface area contributed by atoms with Gasteiger partial charge in [0, 0.05) is 0 Å². The van der Waals surface area contributed by atoms with Crippen molar-refractivity contribution in [3.63, 3.8) is 0 Å². The Morgan fingerprint density at radius 3 is 2.14 bits per heavy atom. The van der Waals surface area contributed by atoms with Crippen molar-refractivity contribution in [2.75, 3.05) is 17.3 Å². The summed E-state index contributed by atoms with van der Waals surface area (Å²) >= 11 is 0. The molecule has 0 aromatic heterocycles. The first-order chi connectivity index (χ1) is 10.1. The fourth-order valence-electron chi connectivity index (χ4n) is 5.76. The maximum atomic E-state index is 12.5. The van der Waals surface area contributed by atoms with E-state index in [0.717, 1.165) is 11.8 Å². The van der Waals surface area contributed by atoms with Crippen LogP contribution in [0.15, 0.2) is 0 Å². The topological polar surface area (TPSA) is 26.3 Å². The summed E-state index contributed by atoms with van der Waals surface area (Å²) in [6, 6.07) is 0. The van der Waals surface area contributed by atoms with Gasteiger partial charge < -0.3 is 4.74 Å². The minimum atomic E-state index is -0.121. The van der Waals surface area contributed by atoms with Crippen LogP contribution in [0.5, 0.6) is 0 Å². The molecule has 5 aliphatic rings. The number of carbonyl (C=O) groups is 1.